The van der Waals surface area contributed by atoms with Gasteiger partial charge in [0.1, 0.15) is 0 Å². The molecule has 0 spiro atoms. The molecule has 0 nitrogen and oxygen atoms in total. The third-order valence-corrected chi connectivity index (χ3v) is 2.96. The fourth-order valence-corrected chi connectivity index (χ4v) is 1.68. The summed E-state index contributed by atoms with van der Waals surface area (Å²) in [6, 6.07) is 25.0. The van der Waals surface area contributed by atoms with Crippen LogP contribution in [0.2, 0.25) is 0 Å². The molecular formula is C24H28Cl2SiTi-4. The van der Waals surface area contributed by atoms with E-state index in [-0.39, 0.29) is 24.8 Å². The van der Waals surface area contributed by atoms with Crippen LogP contribution in [0.3, 0.4) is 0 Å². The van der Waals surface area contributed by atoms with Crippen molar-refractivity contribution in [1.29, 1.82) is 0 Å². The molecule has 0 atom stereocenters. The third-order valence-electron chi connectivity index (χ3n) is 2.96. The normalized spacial score (nSPS) is 11.5. The van der Waals surface area contributed by atoms with Crippen LogP contribution in [0.1, 0.15) is 26.7 Å². The van der Waals surface area contributed by atoms with Gasteiger partial charge in [0.05, 0.1) is 0 Å². The van der Waals surface area contributed by atoms with Crippen molar-refractivity contribution in [2.45, 2.75) is 26.7 Å². The van der Waals surface area contributed by atoms with E-state index in [4.69, 9.17) is 0 Å². The zero-order valence-corrected chi connectivity index (χ0v) is 21.1. The molecule has 2 aromatic rings. The Morgan fingerprint density at radius 3 is 1.04 bits per heavy atom. The van der Waals surface area contributed by atoms with E-state index in [1.54, 1.807) is 0 Å². The Balaban J connectivity index is -0.000000282. The monoisotopic (exact) mass is 462 g/mol. The van der Waals surface area contributed by atoms with Gasteiger partial charge in [0, 0.05) is 0 Å². The van der Waals surface area contributed by atoms with Gasteiger partial charge in [-0.1, -0.05) is 0 Å². The molecule has 0 radical (unpaired) electrons. The van der Waals surface area contributed by atoms with Crippen LogP contribution in [-0.2, 0) is 19.2 Å². The molecule has 2 aliphatic carbocycles. The summed E-state index contributed by atoms with van der Waals surface area (Å²) >= 11 is 2.03. The maximum Gasteiger partial charge on any atom is -0.171 e. The molecule has 0 fully saturated rings. The zero-order chi connectivity index (χ0) is 19.3. The van der Waals surface area contributed by atoms with Gasteiger partial charge in [-0.15, -0.1) is 51.5 Å². The van der Waals surface area contributed by atoms with Gasteiger partial charge < -0.3 is 0 Å². The summed E-state index contributed by atoms with van der Waals surface area (Å²) in [6.45, 7) is 4.17. The summed E-state index contributed by atoms with van der Waals surface area (Å²) in [5, 5.41) is 0. The summed E-state index contributed by atoms with van der Waals surface area (Å²) in [5.41, 5.74) is 2.69. The molecule has 150 valence electrons. The Bertz CT molecular complexity index is 547. The van der Waals surface area contributed by atoms with Crippen molar-refractivity contribution in [3.05, 3.63) is 120 Å². The Kier molecular flexibility index (Phi) is 29.2. The van der Waals surface area contributed by atoms with Gasteiger partial charge in [-0.25, -0.2) is 23.3 Å². The van der Waals surface area contributed by atoms with Crippen molar-refractivity contribution in [3.63, 3.8) is 0 Å². The summed E-state index contributed by atoms with van der Waals surface area (Å²) in [6.07, 6.45) is 16.5. The second-order valence-electron chi connectivity index (χ2n) is 5.16. The molecular weight excluding hydrogens is 435 g/mol. The fraction of sp³-hybridized carbons (Fsp3) is 0.167. The van der Waals surface area contributed by atoms with Crippen LogP contribution in [0.4, 0.5) is 0 Å². The van der Waals surface area contributed by atoms with Gasteiger partial charge >= 0.3 is 26.8 Å². The molecule has 0 N–H and O–H groups in total. The first-order valence-electron chi connectivity index (χ1n) is 8.43. The maximum absolute atomic E-state index is 3.05. The standard InChI is InChI=1S/2C6H7.2C6H5.2ClH.H2Si.Ti/c2*1-6-4-2-3-5-6;2*1-2-4-6-5-3-1;;;;/h2*4-5H,2H2,1H3;2*1-5H;2*1H;1H2;/q4*-1;;;;. The Morgan fingerprint density at radius 2 is 0.964 bits per heavy atom. The molecule has 4 rings (SSSR count). The van der Waals surface area contributed by atoms with Crippen LogP contribution >= 0.6 is 24.8 Å². The van der Waals surface area contributed by atoms with Crippen LogP contribution in [0.5, 0.6) is 0 Å². The molecule has 2 aliphatic rings. The fourth-order valence-electron chi connectivity index (χ4n) is 1.68. The average Bonchev–Trinajstić information content (AvgIpc) is 3.41. The van der Waals surface area contributed by atoms with Gasteiger partial charge in [-0.2, -0.15) is 84.9 Å². The molecule has 0 saturated carbocycles. The first-order valence-corrected chi connectivity index (χ1v) is 12.5. The number of rotatable bonds is 0. The predicted molar refractivity (Wildman–Crippen MR) is 126 cm³/mol. The van der Waals surface area contributed by atoms with Crippen molar-refractivity contribution in [1.82, 2.24) is 0 Å². The van der Waals surface area contributed by atoms with Gasteiger partial charge in [0.15, 0.2) is 0 Å². The van der Waals surface area contributed by atoms with E-state index in [9.17, 15) is 0 Å². The number of allylic oxidation sites excluding steroid dienone is 8. The van der Waals surface area contributed by atoms with E-state index in [0.29, 0.717) is 0 Å². The number of halogens is 2. The van der Waals surface area contributed by atoms with E-state index in [2.05, 4.69) is 50.3 Å². The Hall–Kier alpha value is -1.09. The molecule has 0 saturated heterocycles. The van der Waals surface area contributed by atoms with Crippen LogP contribution in [0.15, 0.2) is 96.1 Å². The molecule has 28 heavy (non-hydrogen) atoms. The molecule has 0 aliphatic heterocycles. The first-order chi connectivity index (χ1) is 12.8. The minimum Gasteiger partial charge on any atom is -0.184 e. The van der Waals surface area contributed by atoms with E-state index < -0.39 is 0 Å². The van der Waals surface area contributed by atoms with Crippen LogP contribution in [-0.4, -0.2) is 7.63 Å². The second kappa shape index (κ2) is 25.9. The van der Waals surface area contributed by atoms with E-state index in [0.717, 1.165) is 12.8 Å². The van der Waals surface area contributed by atoms with Crippen LogP contribution in [0, 0.1) is 24.3 Å². The molecule has 0 aromatic heterocycles. The van der Waals surface area contributed by atoms with Crippen LogP contribution < -0.4 is 0 Å². The molecule has 0 unspecified atom stereocenters. The summed E-state index contributed by atoms with van der Waals surface area (Å²) in [7, 11) is 1.86. The number of benzene rings is 2. The number of hydrogen-bond acceptors (Lipinski definition) is 0. The molecule has 0 heterocycles. The zero-order valence-electron chi connectivity index (χ0n) is 16.5. The smallest absolute Gasteiger partial charge is 0.171 e. The van der Waals surface area contributed by atoms with E-state index in [1.807, 2.05) is 99.6 Å². The molecule has 4 heteroatoms. The summed E-state index contributed by atoms with van der Waals surface area (Å²) in [5.74, 6) is 0. The van der Waals surface area contributed by atoms with Gasteiger partial charge in [0.2, 0.25) is 0 Å². The van der Waals surface area contributed by atoms with Crippen molar-refractivity contribution >= 4 is 32.4 Å². The van der Waals surface area contributed by atoms with E-state index in [1.165, 1.54) is 11.1 Å². The van der Waals surface area contributed by atoms with Gasteiger partial charge in [0.25, 0.3) is 0 Å². The largest absolute Gasteiger partial charge is 0.184 e. The molecule has 2 aromatic carbocycles. The summed E-state index contributed by atoms with van der Waals surface area (Å²) < 4.78 is 0. The minimum absolute atomic E-state index is 0. The van der Waals surface area contributed by atoms with Gasteiger partial charge in [-0.3, -0.25) is 12.2 Å². The quantitative estimate of drug-likeness (QED) is 0.318. The SMILES string of the molecule is CC1=CC[C-]=C1.CC1=CC[C-]=C1.Cl.Cl.[SiH2]=[Ti].[c-]1ccccc1.[c-]1ccccc1. The van der Waals surface area contributed by atoms with Crippen molar-refractivity contribution in [2.75, 3.05) is 0 Å². The minimum atomic E-state index is 0. The Morgan fingerprint density at radius 1 is 0.643 bits per heavy atom. The first kappa shape index (κ1) is 31.6. The van der Waals surface area contributed by atoms with Crippen molar-refractivity contribution in [2.24, 2.45) is 0 Å². The number of hydrogen-bond donors (Lipinski definition) is 0. The van der Waals surface area contributed by atoms with Crippen molar-refractivity contribution in [3.8, 4) is 0 Å². The topological polar surface area (TPSA) is 0 Å². The Labute approximate surface area is 197 Å². The van der Waals surface area contributed by atoms with E-state index >= 15 is 0 Å². The van der Waals surface area contributed by atoms with Crippen LogP contribution in [0.25, 0.3) is 0 Å². The molecule has 0 amide bonds. The third kappa shape index (κ3) is 23.0. The average molecular weight is 463 g/mol. The van der Waals surface area contributed by atoms with Gasteiger partial charge in [-0.05, 0) is 0 Å². The van der Waals surface area contributed by atoms with Crippen molar-refractivity contribution < 1.29 is 19.2 Å². The summed E-state index contributed by atoms with van der Waals surface area (Å²) in [4.78, 5) is 0. The predicted octanol–water partition coefficient (Wildman–Crippen LogP) is 6.29. The second-order valence-corrected chi connectivity index (χ2v) is 5.16. The molecule has 0 bridgehead atoms. The maximum atomic E-state index is 3.05.